The number of carbonyl (C=O) groups excluding carboxylic acids is 6. The molecule has 3 aliphatic rings. The molecule has 264 valence electrons. The number of amides is 5. The van der Waals surface area contributed by atoms with Crippen molar-refractivity contribution in [2.45, 2.75) is 97.3 Å². The van der Waals surface area contributed by atoms with Gasteiger partial charge in [-0.2, -0.15) is 0 Å². The van der Waals surface area contributed by atoms with Crippen LogP contribution in [0, 0.1) is 40.9 Å². The fourth-order valence-corrected chi connectivity index (χ4v) is 7.58. The van der Waals surface area contributed by atoms with Gasteiger partial charge in [0.1, 0.15) is 18.1 Å². The molecule has 0 aromatic heterocycles. The van der Waals surface area contributed by atoms with Crippen LogP contribution in [0.2, 0.25) is 0 Å². The van der Waals surface area contributed by atoms with E-state index < -0.39 is 59.1 Å². The summed E-state index contributed by atoms with van der Waals surface area (Å²) >= 11 is 0. The van der Waals surface area contributed by atoms with Crippen molar-refractivity contribution in [3.63, 3.8) is 0 Å². The second-order valence-corrected chi connectivity index (χ2v) is 15.2. The molecule has 1 aromatic rings. The normalized spacial score (nSPS) is 23.0. The Bertz CT molecular complexity index is 1490. The molecule has 2 aliphatic carbocycles. The highest BCUT2D eigenvalue weighted by Gasteiger charge is 2.70. The molecule has 0 spiro atoms. The summed E-state index contributed by atoms with van der Waals surface area (Å²) in [7, 11) is 0. The number of Topliss-reactive ketones (excluding diaryl/α,β-unsaturated/α-hetero) is 2. The first-order valence-corrected chi connectivity index (χ1v) is 17.3. The van der Waals surface area contributed by atoms with E-state index in [4.69, 9.17) is 6.42 Å². The molecule has 5 amide bonds. The largest absolute Gasteiger partial charge is 0.346 e. The molecule has 3 fully saturated rings. The Morgan fingerprint density at radius 3 is 2.27 bits per heavy atom. The van der Waals surface area contributed by atoms with E-state index in [1.807, 2.05) is 40.7 Å². The third kappa shape index (κ3) is 8.41. The molecule has 4 rings (SSSR count). The Morgan fingerprint density at radius 1 is 1.02 bits per heavy atom. The molecule has 0 radical (unpaired) electrons. The number of hydrogen-bond donors (Lipinski definition) is 4. The lowest BCUT2D eigenvalue weighted by Crippen LogP contribution is -2.62. The number of benzene rings is 1. The number of hydrogen-bond acceptors (Lipinski definition) is 6. The lowest BCUT2D eigenvalue weighted by atomic mass is 9.81. The van der Waals surface area contributed by atoms with Crippen LogP contribution in [0.5, 0.6) is 0 Å². The van der Waals surface area contributed by atoms with E-state index in [2.05, 4.69) is 33.8 Å². The summed E-state index contributed by atoms with van der Waals surface area (Å²) in [5.74, 6) is -0.840. The molecular weight excluding hydrogens is 622 g/mol. The number of carbonyl (C=O) groups is 6. The summed E-state index contributed by atoms with van der Waals surface area (Å²) in [4.78, 5) is 82.5. The maximum Gasteiger partial charge on any atom is 0.316 e. The van der Waals surface area contributed by atoms with Crippen molar-refractivity contribution in [2.75, 3.05) is 13.1 Å². The van der Waals surface area contributed by atoms with Crippen LogP contribution in [-0.2, 0) is 19.2 Å². The molecule has 11 heteroatoms. The zero-order chi connectivity index (χ0) is 36.1. The molecule has 4 N–H and O–H groups in total. The quantitative estimate of drug-likeness (QED) is 0.109. The fraction of sp³-hybridized carbons (Fsp3) is 0.579. The van der Waals surface area contributed by atoms with Crippen molar-refractivity contribution in [1.29, 1.82) is 0 Å². The van der Waals surface area contributed by atoms with E-state index in [9.17, 15) is 28.8 Å². The highest BCUT2D eigenvalue weighted by atomic mass is 16.2. The molecule has 2 saturated carbocycles. The highest BCUT2D eigenvalue weighted by molar-refractivity contribution is 6.38. The minimum atomic E-state index is -1.28. The molecule has 0 bridgehead atoms. The summed E-state index contributed by atoms with van der Waals surface area (Å²) in [6.07, 6.45) is 11.4. The molecular formula is C38H51N5O6. The van der Waals surface area contributed by atoms with Gasteiger partial charge in [-0.3, -0.25) is 24.0 Å². The van der Waals surface area contributed by atoms with Gasteiger partial charge >= 0.3 is 6.03 Å². The first-order chi connectivity index (χ1) is 23.1. The minimum Gasteiger partial charge on any atom is -0.346 e. The van der Waals surface area contributed by atoms with Crippen molar-refractivity contribution in [3.05, 3.63) is 48.6 Å². The van der Waals surface area contributed by atoms with Crippen LogP contribution in [0.4, 0.5) is 4.79 Å². The zero-order valence-electron chi connectivity index (χ0n) is 29.3. The number of piperidine rings is 1. The van der Waals surface area contributed by atoms with Gasteiger partial charge in [-0.05, 0) is 41.4 Å². The highest BCUT2D eigenvalue weighted by Crippen LogP contribution is 2.65. The van der Waals surface area contributed by atoms with Gasteiger partial charge in [0.25, 0.3) is 5.91 Å². The van der Waals surface area contributed by atoms with Gasteiger partial charge in [0.05, 0.1) is 6.04 Å². The van der Waals surface area contributed by atoms with E-state index in [1.54, 1.807) is 24.3 Å². The SMILES string of the molecule is C#CCC(NC(=O)[C@@H]1[C@@H]2[C@H](CN1C(=O)[C@@H](NC(=O)N[C@H](C(=O)c1ccccc1)C1CCCCC1)C(C)(C)C)C2(C)C)C(=O)C(=O)NCC=C. The molecule has 1 heterocycles. The van der Waals surface area contributed by atoms with Gasteiger partial charge in [0.15, 0.2) is 5.78 Å². The van der Waals surface area contributed by atoms with Crippen LogP contribution in [0.3, 0.4) is 0 Å². The third-order valence-electron chi connectivity index (χ3n) is 10.5. The molecule has 6 atom stereocenters. The van der Waals surface area contributed by atoms with E-state index in [-0.39, 0.29) is 48.5 Å². The maximum atomic E-state index is 14.4. The van der Waals surface area contributed by atoms with Crippen molar-refractivity contribution in [1.82, 2.24) is 26.2 Å². The van der Waals surface area contributed by atoms with Crippen molar-refractivity contribution >= 4 is 35.3 Å². The minimum absolute atomic E-state index is 0.0264. The maximum absolute atomic E-state index is 14.4. The molecule has 49 heavy (non-hydrogen) atoms. The fourth-order valence-electron chi connectivity index (χ4n) is 7.58. The predicted molar refractivity (Wildman–Crippen MR) is 186 cm³/mol. The van der Waals surface area contributed by atoms with Crippen molar-refractivity contribution < 1.29 is 28.8 Å². The van der Waals surface area contributed by atoms with Crippen LogP contribution in [0.25, 0.3) is 0 Å². The zero-order valence-corrected chi connectivity index (χ0v) is 29.3. The lowest BCUT2D eigenvalue weighted by Gasteiger charge is -2.38. The smallest absolute Gasteiger partial charge is 0.316 e. The van der Waals surface area contributed by atoms with E-state index in [0.717, 1.165) is 32.1 Å². The predicted octanol–water partition coefficient (Wildman–Crippen LogP) is 3.39. The summed E-state index contributed by atoms with van der Waals surface area (Å²) in [6, 6.07) is 4.22. The number of ketones is 2. The van der Waals surface area contributed by atoms with Crippen LogP contribution in [-0.4, -0.2) is 77.5 Å². The van der Waals surface area contributed by atoms with Gasteiger partial charge in [-0.15, -0.1) is 18.9 Å². The van der Waals surface area contributed by atoms with Gasteiger partial charge in [-0.25, -0.2) is 4.79 Å². The molecule has 11 nitrogen and oxygen atoms in total. The van der Waals surface area contributed by atoms with E-state index >= 15 is 0 Å². The Kier molecular flexibility index (Phi) is 11.7. The Balaban J connectivity index is 1.55. The van der Waals surface area contributed by atoms with Crippen LogP contribution >= 0.6 is 0 Å². The number of likely N-dealkylation sites (tertiary alicyclic amines) is 1. The van der Waals surface area contributed by atoms with Gasteiger partial charge in [-0.1, -0.05) is 90.3 Å². The first-order valence-electron chi connectivity index (χ1n) is 17.3. The van der Waals surface area contributed by atoms with E-state index in [1.165, 1.54) is 11.0 Å². The second kappa shape index (κ2) is 15.4. The molecule has 1 aromatic carbocycles. The Labute approximate surface area is 289 Å². The van der Waals surface area contributed by atoms with Crippen LogP contribution < -0.4 is 21.3 Å². The average molecular weight is 674 g/mol. The number of terminal acetylenes is 1. The number of nitrogens with one attached hydrogen (secondary N) is 4. The third-order valence-corrected chi connectivity index (χ3v) is 10.5. The standard InChI is InChI=1S/C38H51N5O6/c1-8-16-26(31(45)34(47)39-21-9-2)40-33(46)29-27-25(38(27,6)7)22-43(29)35(48)32(37(3,4)5)42-36(49)41-28(23-17-12-10-13-18-23)30(44)24-19-14-11-15-20-24/h1,9,11,14-15,19-20,23,25-29,32H,2,10,12-13,16-18,21-22H2,3-7H3,(H,39,47)(H,40,46)(H2,41,42,49)/t25-,26?,27-,28-,29-,32+/m0/s1. The van der Waals surface area contributed by atoms with Crippen molar-refractivity contribution in [3.8, 4) is 12.3 Å². The van der Waals surface area contributed by atoms with Crippen LogP contribution in [0.15, 0.2) is 43.0 Å². The van der Waals surface area contributed by atoms with E-state index in [0.29, 0.717) is 5.56 Å². The van der Waals surface area contributed by atoms with Gasteiger partial charge < -0.3 is 26.2 Å². The topological polar surface area (TPSA) is 154 Å². The summed E-state index contributed by atoms with van der Waals surface area (Å²) < 4.78 is 0. The first kappa shape index (κ1) is 37.4. The molecule has 1 saturated heterocycles. The number of rotatable bonds is 13. The van der Waals surface area contributed by atoms with Gasteiger partial charge in [0.2, 0.25) is 17.6 Å². The summed E-state index contributed by atoms with van der Waals surface area (Å²) in [5.41, 5.74) is -0.500. The monoisotopic (exact) mass is 673 g/mol. The summed E-state index contributed by atoms with van der Waals surface area (Å²) in [6.45, 7) is 13.4. The second-order valence-electron chi connectivity index (χ2n) is 15.2. The Morgan fingerprint density at radius 2 is 1.67 bits per heavy atom. The van der Waals surface area contributed by atoms with Gasteiger partial charge in [0, 0.05) is 25.1 Å². The molecule has 1 aliphatic heterocycles. The Hall–Kier alpha value is -4.46. The number of nitrogens with zero attached hydrogens (tertiary/aromatic N) is 1. The average Bonchev–Trinajstić information content (AvgIpc) is 3.38. The number of fused-ring (bicyclic) bond motifs is 1. The van der Waals surface area contributed by atoms with Crippen LogP contribution in [0.1, 0.15) is 83.5 Å². The molecule has 1 unspecified atom stereocenters. The number of urea groups is 1. The summed E-state index contributed by atoms with van der Waals surface area (Å²) in [5, 5.41) is 10.9. The van der Waals surface area contributed by atoms with Crippen molar-refractivity contribution in [2.24, 2.45) is 28.6 Å². The lowest BCUT2D eigenvalue weighted by molar-refractivity contribution is -0.145.